The molecule has 2 aromatic rings. The summed E-state index contributed by atoms with van der Waals surface area (Å²) in [6, 6.07) is 14.6. The largest absolute Gasteiger partial charge is 0.493 e. The first kappa shape index (κ1) is 18.2. The first-order chi connectivity index (χ1) is 12.2. The van der Waals surface area contributed by atoms with Gasteiger partial charge in [-0.3, -0.25) is 0 Å². The Morgan fingerprint density at radius 3 is 2.44 bits per heavy atom. The monoisotopic (exact) mass is 342 g/mol. The quantitative estimate of drug-likeness (QED) is 0.407. The van der Waals surface area contributed by atoms with E-state index in [2.05, 4.69) is 56.3 Å². The molecule has 0 radical (unpaired) electrons. The molecule has 2 unspecified atom stereocenters. The van der Waals surface area contributed by atoms with Crippen LogP contribution in [0.2, 0.25) is 0 Å². The van der Waals surface area contributed by atoms with Crippen molar-refractivity contribution in [3.63, 3.8) is 0 Å². The number of epoxide rings is 1. The molecule has 2 atom stereocenters. The highest BCUT2D eigenvalue weighted by Gasteiger charge is 2.51. The Balaban J connectivity index is 1.26. The molecule has 0 aromatic heterocycles. The molecular formula is C22H30O3. The van der Waals surface area contributed by atoms with Crippen molar-refractivity contribution in [3.05, 3.63) is 42.5 Å². The van der Waals surface area contributed by atoms with Gasteiger partial charge in [-0.2, -0.15) is 0 Å². The molecule has 3 nitrogen and oxygen atoms in total. The first-order valence-electron chi connectivity index (χ1n) is 9.61. The van der Waals surface area contributed by atoms with Crippen LogP contribution in [0.1, 0.15) is 46.0 Å². The third-order valence-electron chi connectivity index (χ3n) is 5.23. The van der Waals surface area contributed by atoms with E-state index in [4.69, 9.17) is 14.2 Å². The van der Waals surface area contributed by atoms with Crippen molar-refractivity contribution in [1.82, 2.24) is 0 Å². The van der Waals surface area contributed by atoms with Crippen molar-refractivity contribution in [1.29, 1.82) is 0 Å². The van der Waals surface area contributed by atoms with Crippen molar-refractivity contribution in [2.45, 2.75) is 57.7 Å². The SMILES string of the molecule is CCC1(COCCCCCCOc2cccc3ccccc23)OC1C. The van der Waals surface area contributed by atoms with Gasteiger partial charge in [-0.25, -0.2) is 0 Å². The molecule has 3 heteroatoms. The Kier molecular flexibility index (Phi) is 6.33. The number of benzene rings is 2. The molecule has 0 spiro atoms. The van der Waals surface area contributed by atoms with E-state index in [1.165, 1.54) is 23.6 Å². The van der Waals surface area contributed by atoms with Gasteiger partial charge in [-0.05, 0) is 44.1 Å². The lowest BCUT2D eigenvalue weighted by molar-refractivity contribution is 0.0741. The molecule has 0 amide bonds. The van der Waals surface area contributed by atoms with Crippen molar-refractivity contribution in [2.24, 2.45) is 0 Å². The lowest BCUT2D eigenvalue weighted by Gasteiger charge is -2.11. The smallest absolute Gasteiger partial charge is 0.127 e. The molecule has 136 valence electrons. The van der Waals surface area contributed by atoms with Crippen LogP contribution >= 0.6 is 0 Å². The predicted octanol–water partition coefficient (Wildman–Crippen LogP) is 5.36. The van der Waals surface area contributed by atoms with Crippen LogP contribution in [0, 0.1) is 0 Å². The lowest BCUT2D eigenvalue weighted by atomic mass is 10.0. The number of hydrogen-bond donors (Lipinski definition) is 0. The summed E-state index contributed by atoms with van der Waals surface area (Å²) in [4.78, 5) is 0. The summed E-state index contributed by atoms with van der Waals surface area (Å²) in [5, 5.41) is 2.43. The summed E-state index contributed by atoms with van der Waals surface area (Å²) in [7, 11) is 0. The molecule has 0 saturated carbocycles. The van der Waals surface area contributed by atoms with E-state index in [9.17, 15) is 0 Å². The van der Waals surface area contributed by atoms with Gasteiger partial charge >= 0.3 is 0 Å². The molecule has 0 bridgehead atoms. The summed E-state index contributed by atoms with van der Waals surface area (Å²) < 4.78 is 17.4. The minimum absolute atomic E-state index is 0.0201. The Hall–Kier alpha value is -1.58. The molecule has 2 aromatic carbocycles. The summed E-state index contributed by atoms with van der Waals surface area (Å²) in [6.07, 6.45) is 5.97. The van der Waals surface area contributed by atoms with Gasteiger partial charge < -0.3 is 14.2 Å². The number of unbranched alkanes of at least 4 members (excludes halogenated alkanes) is 3. The summed E-state index contributed by atoms with van der Waals surface area (Å²) >= 11 is 0. The molecule has 0 aliphatic carbocycles. The van der Waals surface area contributed by atoms with Crippen LogP contribution < -0.4 is 4.74 Å². The lowest BCUT2D eigenvalue weighted by Crippen LogP contribution is -2.21. The topological polar surface area (TPSA) is 31.0 Å². The average molecular weight is 342 g/mol. The first-order valence-corrected chi connectivity index (χ1v) is 9.61. The van der Waals surface area contributed by atoms with Gasteiger partial charge in [-0.1, -0.05) is 49.7 Å². The minimum Gasteiger partial charge on any atom is -0.493 e. The van der Waals surface area contributed by atoms with Crippen molar-refractivity contribution >= 4 is 10.8 Å². The van der Waals surface area contributed by atoms with Gasteiger partial charge in [0.15, 0.2) is 0 Å². The van der Waals surface area contributed by atoms with Gasteiger partial charge in [-0.15, -0.1) is 0 Å². The van der Waals surface area contributed by atoms with E-state index < -0.39 is 0 Å². The van der Waals surface area contributed by atoms with E-state index in [0.29, 0.717) is 6.10 Å². The van der Waals surface area contributed by atoms with Gasteiger partial charge in [0.25, 0.3) is 0 Å². The molecule has 1 fully saturated rings. The zero-order valence-corrected chi connectivity index (χ0v) is 15.5. The zero-order valence-electron chi connectivity index (χ0n) is 15.5. The van der Waals surface area contributed by atoms with Gasteiger partial charge in [0.05, 0.1) is 19.3 Å². The second-order valence-corrected chi connectivity index (χ2v) is 6.97. The number of hydrogen-bond acceptors (Lipinski definition) is 3. The fraction of sp³-hybridized carbons (Fsp3) is 0.545. The van der Waals surface area contributed by atoms with Crippen molar-refractivity contribution in [2.75, 3.05) is 19.8 Å². The zero-order chi connectivity index (χ0) is 17.5. The van der Waals surface area contributed by atoms with E-state index in [1.54, 1.807) is 0 Å². The van der Waals surface area contributed by atoms with Crippen LogP contribution in [0.3, 0.4) is 0 Å². The third kappa shape index (κ3) is 4.74. The highest BCUT2D eigenvalue weighted by molar-refractivity contribution is 5.88. The minimum atomic E-state index is 0.0201. The maximum atomic E-state index is 5.98. The predicted molar refractivity (Wildman–Crippen MR) is 102 cm³/mol. The Labute approximate surface area is 151 Å². The Morgan fingerprint density at radius 1 is 0.960 bits per heavy atom. The van der Waals surface area contributed by atoms with Crippen LogP contribution in [0.4, 0.5) is 0 Å². The van der Waals surface area contributed by atoms with Crippen LogP contribution in [0.15, 0.2) is 42.5 Å². The standard InChI is InChI=1S/C22H30O3/c1-3-22(18(2)25-22)17-23-15-8-4-5-9-16-24-21-14-10-12-19-11-6-7-13-20(19)21/h6-7,10-14,18H,3-5,8-9,15-17H2,1-2H3. The molecule has 1 aliphatic rings. The van der Waals surface area contributed by atoms with Crippen molar-refractivity contribution in [3.8, 4) is 5.75 Å². The van der Waals surface area contributed by atoms with Gasteiger partial charge in [0.1, 0.15) is 11.4 Å². The van der Waals surface area contributed by atoms with E-state index in [-0.39, 0.29) is 5.60 Å². The molecular weight excluding hydrogens is 312 g/mol. The number of ether oxygens (including phenoxy) is 3. The van der Waals surface area contributed by atoms with E-state index >= 15 is 0 Å². The van der Waals surface area contributed by atoms with Gasteiger partial charge in [0, 0.05) is 12.0 Å². The Bertz CT molecular complexity index is 660. The number of fused-ring (bicyclic) bond motifs is 1. The molecule has 1 saturated heterocycles. The molecule has 25 heavy (non-hydrogen) atoms. The average Bonchev–Trinajstić information content (AvgIpc) is 3.30. The van der Waals surface area contributed by atoms with Crippen LogP contribution in [-0.2, 0) is 9.47 Å². The summed E-state index contributed by atoms with van der Waals surface area (Å²) in [5.41, 5.74) is 0.0201. The van der Waals surface area contributed by atoms with Gasteiger partial charge in [0.2, 0.25) is 0 Å². The fourth-order valence-corrected chi connectivity index (χ4v) is 3.35. The maximum absolute atomic E-state index is 5.98. The van der Waals surface area contributed by atoms with E-state index in [1.807, 2.05) is 0 Å². The van der Waals surface area contributed by atoms with Crippen LogP contribution in [0.25, 0.3) is 10.8 Å². The normalized spacial score (nSPS) is 22.2. The highest BCUT2D eigenvalue weighted by atomic mass is 16.6. The van der Waals surface area contributed by atoms with Crippen LogP contribution in [-0.4, -0.2) is 31.5 Å². The molecule has 1 heterocycles. The molecule has 0 N–H and O–H groups in total. The van der Waals surface area contributed by atoms with Crippen molar-refractivity contribution < 1.29 is 14.2 Å². The highest BCUT2D eigenvalue weighted by Crippen LogP contribution is 2.39. The van der Waals surface area contributed by atoms with E-state index in [0.717, 1.165) is 44.8 Å². The summed E-state index contributed by atoms with van der Waals surface area (Å²) in [5.74, 6) is 0.991. The molecule has 3 rings (SSSR count). The third-order valence-corrected chi connectivity index (χ3v) is 5.23. The molecule has 1 aliphatic heterocycles. The second kappa shape index (κ2) is 8.68. The fourth-order valence-electron chi connectivity index (χ4n) is 3.35. The Morgan fingerprint density at radius 2 is 1.68 bits per heavy atom. The maximum Gasteiger partial charge on any atom is 0.127 e. The second-order valence-electron chi connectivity index (χ2n) is 6.97. The number of rotatable bonds is 11. The summed E-state index contributed by atoms with van der Waals surface area (Å²) in [6.45, 7) is 6.65. The van der Waals surface area contributed by atoms with Crippen LogP contribution in [0.5, 0.6) is 5.75 Å².